The molecular weight excluding hydrogens is 172 g/mol. The topological polar surface area (TPSA) is 36.2 Å². The zero-order chi connectivity index (χ0) is 10.6. The van der Waals surface area contributed by atoms with E-state index >= 15 is 0 Å². The summed E-state index contributed by atoms with van der Waals surface area (Å²) in [6.07, 6.45) is 1.04. The Morgan fingerprint density at radius 1 is 1.29 bits per heavy atom. The molecule has 2 heteroatoms. The first-order valence-electron chi connectivity index (χ1n) is 4.80. The number of benzene rings is 1. The number of aryl methyl sites for hydroxylation is 1. The van der Waals surface area contributed by atoms with Gasteiger partial charge in [-0.1, -0.05) is 31.2 Å². The van der Waals surface area contributed by atoms with E-state index in [0.717, 1.165) is 17.7 Å². The SMILES string of the molecule is CCc1ccc(C(=N)/C(C)=N\C)cc1. The molecule has 0 atom stereocenters. The zero-order valence-corrected chi connectivity index (χ0v) is 8.96. The van der Waals surface area contributed by atoms with Crippen LogP contribution < -0.4 is 0 Å². The molecule has 0 aromatic heterocycles. The summed E-state index contributed by atoms with van der Waals surface area (Å²) in [5.74, 6) is 0. The third-order valence-corrected chi connectivity index (χ3v) is 2.35. The monoisotopic (exact) mass is 188 g/mol. The fourth-order valence-electron chi connectivity index (χ4n) is 1.23. The van der Waals surface area contributed by atoms with Crippen LogP contribution in [0.4, 0.5) is 0 Å². The van der Waals surface area contributed by atoms with Crippen molar-refractivity contribution >= 4 is 11.4 Å². The van der Waals surface area contributed by atoms with Crippen molar-refractivity contribution in [1.29, 1.82) is 5.41 Å². The zero-order valence-electron chi connectivity index (χ0n) is 8.96. The van der Waals surface area contributed by atoms with E-state index in [9.17, 15) is 0 Å². The molecule has 0 bridgehead atoms. The molecule has 74 valence electrons. The number of nitrogens with one attached hydrogen (secondary N) is 1. The van der Waals surface area contributed by atoms with Gasteiger partial charge in [-0.2, -0.15) is 0 Å². The van der Waals surface area contributed by atoms with Crippen LogP contribution in [0.3, 0.4) is 0 Å². The van der Waals surface area contributed by atoms with Gasteiger partial charge in [0.1, 0.15) is 0 Å². The first-order valence-corrected chi connectivity index (χ1v) is 4.80. The van der Waals surface area contributed by atoms with E-state index in [2.05, 4.69) is 24.0 Å². The Balaban J connectivity index is 2.92. The van der Waals surface area contributed by atoms with Gasteiger partial charge in [0.05, 0.1) is 11.4 Å². The van der Waals surface area contributed by atoms with Gasteiger partial charge in [0, 0.05) is 12.6 Å². The lowest BCUT2D eigenvalue weighted by atomic mass is 10.0. The average Bonchev–Trinajstić information content (AvgIpc) is 2.27. The van der Waals surface area contributed by atoms with Crippen LogP contribution in [-0.2, 0) is 6.42 Å². The number of aliphatic imine (C=N–C) groups is 1. The van der Waals surface area contributed by atoms with Gasteiger partial charge in [-0.15, -0.1) is 0 Å². The minimum absolute atomic E-state index is 0.509. The van der Waals surface area contributed by atoms with Crippen LogP contribution in [0.15, 0.2) is 29.3 Å². The summed E-state index contributed by atoms with van der Waals surface area (Å²) in [7, 11) is 1.71. The van der Waals surface area contributed by atoms with E-state index in [1.165, 1.54) is 5.56 Å². The van der Waals surface area contributed by atoms with Crippen molar-refractivity contribution in [2.75, 3.05) is 7.05 Å². The van der Waals surface area contributed by atoms with Gasteiger partial charge in [0.15, 0.2) is 0 Å². The molecule has 0 radical (unpaired) electrons. The van der Waals surface area contributed by atoms with Gasteiger partial charge in [0.25, 0.3) is 0 Å². The normalized spacial score (nSPS) is 11.5. The highest BCUT2D eigenvalue weighted by atomic mass is 14.7. The summed E-state index contributed by atoms with van der Waals surface area (Å²) in [5, 5.41) is 7.83. The van der Waals surface area contributed by atoms with Gasteiger partial charge in [-0.25, -0.2) is 0 Å². The maximum Gasteiger partial charge on any atom is 0.0819 e. The molecule has 1 aromatic carbocycles. The number of rotatable bonds is 3. The van der Waals surface area contributed by atoms with Gasteiger partial charge >= 0.3 is 0 Å². The summed E-state index contributed by atoms with van der Waals surface area (Å²) < 4.78 is 0. The van der Waals surface area contributed by atoms with E-state index in [1.807, 2.05) is 19.1 Å². The minimum atomic E-state index is 0.509. The van der Waals surface area contributed by atoms with Crippen molar-refractivity contribution in [3.05, 3.63) is 35.4 Å². The van der Waals surface area contributed by atoms with Gasteiger partial charge in [0.2, 0.25) is 0 Å². The second-order valence-electron chi connectivity index (χ2n) is 3.23. The number of hydrogen-bond acceptors (Lipinski definition) is 2. The maximum absolute atomic E-state index is 7.83. The van der Waals surface area contributed by atoms with E-state index in [-0.39, 0.29) is 0 Å². The third-order valence-electron chi connectivity index (χ3n) is 2.35. The third kappa shape index (κ3) is 2.28. The van der Waals surface area contributed by atoms with Crippen LogP contribution in [0.25, 0.3) is 0 Å². The smallest absolute Gasteiger partial charge is 0.0819 e. The minimum Gasteiger partial charge on any atom is -0.298 e. The van der Waals surface area contributed by atoms with Crippen molar-refractivity contribution in [3.8, 4) is 0 Å². The molecule has 0 aliphatic heterocycles. The van der Waals surface area contributed by atoms with Gasteiger partial charge in [-0.05, 0) is 18.9 Å². The summed E-state index contributed by atoms with van der Waals surface area (Å²) in [5.41, 5.74) is 3.52. The van der Waals surface area contributed by atoms with E-state index in [0.29, 0.717) is 5.71 Å². The Hall–Kier alpha value is -1.44. The molecule has 0 heterocycles. The van der Waals surface area contributed by atoms with E-state index in [1.54, 1.807) is 7.05 Å². The van der Waals surface area contributed by atoms with Crippen LogP contribution in [0.2, 0.25) is 0 Å². The van der Waals surface area contributed by atoms with Crippen LogP contribution in [0.1, 0.15) is 25.0 Å². The summed E-state index contributed by atoms with van der Waals surface area (Å²) >= 11 is 0. The summed E-state index contributed by atoms with van der Waals surface area (Å²) in [4.78, 5) is 4.00. The highest BCUT2D eigenvalue weighted by Crippen LogP contribution is 2.06. The Morgan fingerprint density at radius 3 is 2.29 bits per heavy atom. The molecule has 1 aromatic rings. The molecule has 0 fully saturated rings. The molecule has 1 N–H and O–H groups in total. The Labute approximate surface area is 85.2 Å². The van der Waals surface area contributed by atoms with Crippen molar-refractivity contribution in [3.63, 3.8) is 0 Å². The predicted molar refractivity (Wildman–Crippen MR) is 61.7 cm³/mol. The number of hydrogen-bond donors (Lipinski definition) is 1. The standard InChI is InChI=1S/C12H16N2/c1-4-10-5-7-11(8-6-10)12(13)9(2)14-3/h5-8,13H,4H2,1-3H3/b13-12?,14-9-. The molecule has 2 nitrogen and oxygen atoms in total. The lowest BCUT2D eigenvalue weighted by Gasteiger charge is -2.03. The van der Waals surface area contributed by atoms with Crippen LogP contribution in [0.5, 0.6) is 0 Å². The molecule has 14 heavy (non-hydrogen) atoms. The molecule has 0 aliphatic carbocycles. The van der Waals surface area contributed by atoms with Gasteiger partial charge < -0.3 is 0 Å². The Bertz CT molecular complexity index is 347. The molecule has 0 amide bonds. The average molecular weight is 188 g/mol. The van der Waals surface area contributed by atoms with Crippen molar-refractivity contribution in [1.82, 2.24) is 0 Å². The Kier molecular flexibility index (Phi) is 3.57. The molecule has 0 spiro atoms. The fourth-order valence-corrected chi connectivity index (χ4v) is 1.23. The molecule has 0 saturated heterocycles. The summed E-state index contributed by atoms with van der Waals surface area (Å²) in [6, 6.07) is 8.09. The molecule has 0 unspecified atom stereocenters. The lowest BCUT2D eigenvalue weighted by molar-refractivity contribution is 1.14. The quantitative estimate of drug-likeness (QED) is 0.708. The van der Waals surface area contributed by atoms with Crippen LogP contribution >= 0.6 is 0 Å². The number of nitrogens with zero attached hydrogens (tertiary/aromatic N) is 1. The fraction of sp³-hybridized carbons (Fsp3) is 0.333. The van der Waals surface area contributed by atoms with E-state index < -0.39 is 0 Å². The second kappa shape index (κ2) is 4.70. The van der Waals surface area contributed by atoms with Crippen molar-refractivity contribution in [2.24, 2.45) is 4.99 Å². The summed E-state index contributed by atoms with van der Waals surface area (Å²) in [6.45, 7) is 3.98. The highest BCUT2D eigenvalue weighted by Gasteiger charge is 2.03. The molecule has 0 saturated carbocycles. The molecule has 0 aliphatic rings. The second-order valence-corrected chi connectivity index (χ2v) is 3.23. The maximum atomic E-state index is 7.83. The Morgan fingerprint density at radius 2 is 1.86 bits per heavy atom. The van der Waals surface area contributed by atoms with Gasteiger partial charge in [-0.3, -0.25) is 10.4 Å². The molecule has 1 rings (SSSR count). The largest absolute Gasteiger partial charge is 0.298 e. The van der Waals surface area contributed by atoms with Crippen molar-refractivity contribution < 1.29 is 0 Å². The first-order chi connectivity index (χ1) is 6.69. The van der Waals surface area contributed by atoms with Crippen LogP contribution in [-0.4, -0.2) is 18.5 Å². The highest BCUT2D eigenvalue weighted by molar-refractivity contribution is 6.46. The lowest BCUT2D eigenvalue weighted by Crippen LogP contribution is -2.10. The van der Waals surface area contributed by atoms with Crippen LogP contribution in [0, 0.1) is 5.41 Å². The predicted octanol–water partition coefficient (Wildman–Crippen LogP) is 2.71. The van der Waals surface area contributed by atoms with E-state index in [4.69, 9.17) is 5.41 Å². The first kappa shape index (κ1) is 10.6. The molecular formula is C12H16N2. The van der Waals surface area contributed by atoms with Crippen molar-refractivity contribution in [2.45, 2.75) is 20.3 Å².